The van der Waals surface area contributed by atoms with Crippen molar-refractivity contribution < 1.29 is 0 Å². The minimum Gasteiger partial charge on any atom is -0.378 e. The van der Waals surface area contributed by atoms with Crippen molar-refractivity contribution in [3.63, 3.8) is 0 Å². The first kappa shape index (κ1) is 13.1. The Morgan fingerprint density at radius 1 is 1.39 bits per heavy atom. The highest BCUT2D eigenvalue weighted by Gasteiger charge is 2.17. The van der Waals surface area contributed by atoms with Gasteiger partial charge in [-0.05, 0) is 33.6 Å². The summed E-state index contributed by atoms with van der Waals surface area (Å²) in [7, 11) is 5.94. The first-order valence-electron chi connectivity index (χ1n) is 5.71. The predicted octanol–water partition coefficient (Wildman–Crippen LogP) is 2.30. The van der Waals surface area contributed by atoms with Crippen molar-refractivity contribution in [2.45, 2.75) is 6.04 Å². The van der Waals surface area contributed by atoms with Crippen LogP contribution in [0.25, 0.3) is 0 Å². The van der Waals surface area contributed by atoms with E-state index in [1.807, 2.05) is 33.3 Å². The SMILES string of the molecule is CN(C)c1cccc(C(N)c2c(Br)cnn2C)c1. The van der Waals surface area contributed by atoms with Crippen molar-refractivity contribution in [2.24, 2.45) is 12.8 Å². The molecule has 0 spiro atoms. The molecular weight excluding hydrogens is 292 g/mol. The van der Waals surface area contributed by atoms with E-state index in [9.17, 15) is 0 Å². The van der Waals surface area contributed by atoms with Gasteiger partial charge in [0, 0.05) is 26.8 Å². The zero-order valence-electron chi connectivity index (χ0n) is 10.8. The maximum atomic E-state index is 6.32. The van der Waals surface area contributed by atoms with Crippen LogP contribution in [0.5, 0.6) is 0 Å². The van der Waals surface area contributed by atoms with Crippen LogP contribution < -0.4 is 10.6 Å². The molecule has 96 valence electrons. The monoisotopic (exact) mass is 308 g/mol. The van der Waals surface area contributed by atoms with Gasteiger partial charge in [0.15, 0.2) is 0 Å². The Bertz CT molecular complexity index is 528. The number of nitrogens with two attached hydrogens (primary N) is 1. The Balaban J connectivity index is 2.40. The van der Waals surface area contributed by atoms with Crippen LogP contribution in [0.3, 0.4) is 0 Å². The van der Waals surface area contributed by atoms with Crippen LogP contribution in [0.2, 0.25) is 0 Å². The molecule has 2 rings (SSSR count). The predicted molar refractivity (Wildman–Crippen MR) is 77.7 cm³/mol. The molecule has 0 aliphatic carbocycles. The molecule has 0 amide bonds. The van der Waals surface area contributed by atoms with Crippen molar-refractivity contribution in [1.29, 1.82) is 0 Å². The van der Waals surface area contributed by atoms with Crippen LogP contribution in [0, 0.1) is 0 Å². The second kappa shape index (κ2) is 5.12. The molecule has 1 aromatic heterocycles. The van der Waals surface area contributed by atoms with Crippen LogP contribution in [-0.4, -0.2) is 23.9 Å². The quantitative estimate of drug-likeness (QED) is 0.946. The molecule has 0 saturated carbocycles. The summed E-state index contributed by atoms with van der Waals surface area (Å²) >= 11 is 3.49. The summed E-state index contributed by atoms with van der Waals surface area (Å²) in [6, 6.07) is 8.04. The summed E-state index contributed by atoms with van der Waals surface area (Å²) in [6.07, 6.45) is 1.77. The van der Waals surface area contributed by atoms with Crippen LogP contribution in [0.4, 0.5) is 5.69 Å². The number of aromatic nitrogens is 2. The third-order valence-corrected chi connectivity index (χ3v) is 3.59. The van der Waals surface area contributed by atoms with Gasteiger partial charge < -0.3 is 10.6 Å². The van der Waals surface area contributed by atoms with Crippen molar-refractivity contribution in [3.05, 3.63) is 46.2 Å². The summed E-state index contributed by atoms with van der Waals surface area (Å²) < 4.78 is 2.74. The van der Waals surface area contributed by atoms with Crippen molar-refractivity contribution >= 4 is 21.6 Å². The standard InChI is InChI=1S/C13H17BrN4/c1-17(2)10-6-4-5-9(7-10)12(15)13-11(14)8-16-18(13)3/h4-8,12H,15H2,1-3H3. The lowest BCUT2D eigenvalue weighted by Crippen LogP contribution is -2.17. The number of anilines is 1. The van der Waals surface area contributed by atoms with E-state index in [0.29, 0.717) is 0 Å². The number of hydrogen-bond donors (Lipinski definition) is 1. The molecule has 0 aliphatic heterocycles. The molecule has 0 bridgehead atoms. The lowest BCUT2D eigenvalue weighted by Gasteiger charge is -2.17. The Hall–Kier alpha value is -1.33. The summed E-state index contributed by atoms with van der Waals surface area (Å²) in [4.78, 5) is 2.06. The molecular formula is C13H17BrN4. The highest BCUT2D eigenvalue weighted by atomic mass is 79.9. The van der Waals surface area contributed by atoms with Gasteiger partial charge in [-0.3, -0.25) is 4.68 Å². The van der Waals surface area contributed by atoms with Gasteiger partial charge in [0.2, 0.25) is 0 Å². The van der Waals surface area contributed by atoms with Crippen molar-refractivity contribution in [1.82, 2.24) is 9.78 Å². The van der Waals surface area contributed by atoms with E-state index in [1.54, 1.807) is 10.9 Å². The minimum absolute atomic E-state index is 0.188. The smallest absolute Gasteiger partial charge is 0.0735 e. The zero-order chi connectivity index (χ0) is 13.3. The van der Waals surface area contributed by atoms with E-state index in [1.165, 1.54) is 0 Å². The second-order valence-electron chi connectivity index (χ2n) is 4.47. The fraction of sp³-hybridized carbons (Fsp3) is 0.308. The van der Waals surface area contributed by atoms with Gasteiger partial charge in [0.05, 0.1) is 22.4 Å². The van der Waals surface area contributed by atoms with Gasteiger partial charge in [0.25, 0.3) is 0 Å². The summed E-state index contributed by atoms with van der Waals surface area (Å²) in [5.74, 6) is 0. The molecule has 0 saturated heterocycles. The zero-order valence-corrected chi connectivity index (χ0v) is 12.3. The molecule has 2 N–H and O–H groups in total. The Kier molecular flexibility index (Phi) is 3.73. The maximum absolute atomic E-state index is 6.32. The number of halogens is 1. The van der Waals surface area contributed by atoms with Gasteiger partial charge >= 0.3 is 0 Å². The number of nitrogens with zero attached hydrogens (tertiary/aromatic N) is 3. The fourth-order valence-electron chi connectivity index (χ4n) is 1.92. The average Bonchev–Trinajstić information content (AvgIpc) is 2.68. The second-order valence-corrected chi connectivity index (χ2v) is 5.32. The van der Waals surface area contributed by atoms with Crippen LogP contribution in [0.1, 0.15) is 17.3 Å². The molecule has 1 aromatic carbocycles. The summed E-state index contributed by atoms with van der Waals surface area (Å²) in [5.41, 5.74) is 9.51. The first-order valence-corrected chi connectivity index (χ1v) is 6.50. The third-order valence-electron chi connectivity index (χ3n) is 2.98. The molecule has 0 radical (unpaired) electrons. The first-order chi connectivity index (χ1) is 8.50. The van der Waals surface area contributed by atoms with Crippen LogP contribution >= 0.6 is 15.9 Å². The third kappa shape index (κ3) is 2.42. The molecule has 18 heavy (non-hydrogen) atoms. The van der Waals surface area contributed by atoms with Gasteiger partial charge in [-0.2, -0.15) is 5.10 Å². The molecule has 1 heterocycles. The molecule has 5 heteroatoms. The normalized spacial score (nSPS) is 12.5. The highest BCUT2D eigenvalue weighted by molar-refractivity contribution is 9.10. The number of rotatable bonds is 3. The van der Waals surface area contributed by atoms with Crippen LogP contribution in [-0.2, 0) is 7.05 Å². The van der Waals surface area contributed by atoms with E-state index in [2.05, 4.69) is 38.1 Å². The fourth-order valence-corrected chi connectivity index (χ4v) is 2.52. The molecule has 4 nitrogen and oxygen atoms in total. The van der Waals surface area contributed by atoms with Crippen LogP contribution in [0.15, 0.2) is 34.9 Å². The van der Waals surface area contributed by atoms with Gasteiger partial charge in [-0.15, -0.1) is 0 Å². The molecule has 1 atom stereocenters. The van der Waals surface area contributed by atoms with Gasteiger partial charge in [-0.1, -0.05) is 12.1 Å². The Morgan fingerprint density at radius 2 is 2.11 bits per heavy atom. The minimum atomic E-state index is -0.188. The number of aryl methyl sites for hydroxylation is 1. The molecule has 0 aliphatic rings. The molecule has 0 fully saturated rings. The van der Waals surface area contributed by atoms with E-state index in [4.69, 9.17) is 5.73 Å². The van der Waals surface area contributed by atoms with E-state index in [-0.39, 0.29) is 6.04 Å². The highest BCUT2D eigenvalue weighted by Crippen LogP contribution is 2.27. The van der Waals surface area contributed by atoms with Gasteiger partial charge in [0.1, 0.15) is 0 Å². The largest absolute Gasteiger partial charge is 0.378 e. The summed E-state index contributed by atoms with van der Waals surface area (Å²) in [5, 5.41) is 4.20. The Morgan fingerprint density at radius 3 is 2.67 bits per heavy atom. The number of hydrogen-bond acceptors (Lipinski definition) is 3. The topological polar surface area (TPSA) is 47.1 Å². The van der Waals surface area contributed by atoms with Gasteiger partial charge in [-0.25, -0.2) is 0 Å². The van der Waals surface area contributed by atoms with Crippen molar-refractivity contribution in [2.75, 3.05) is 19.0 Å². The van der Waals surface area contributed by atoms with E-state index < -0.39 is 0 Å². The Labute approximate surface area is 116 Å². The summed E-state index contributed by atoms with van der Waals surface area (Å²) in [6.45, 7) is 0. The maximum Gasteiger partial charge on any atom is 0.0735 e. The average molecular weight is 309 g/mol. The number of benzene rings is 1. The van der Waals surface area contributed by atoms with E-state index in [0.717, 1.165) is 21.4 Å². The lowest BCUT2D eigenvalue weighted by molar-refractivity contribution is 0.671. The molecule has 2 aromatic rings. The lowest BCUT2D eigenvalue weighted by atomic mass is 10.0. The molecule has 1 unspecified atom stereocenters. The van der Waals surface area contributed by atoms with Crippen molar-refractivity contribution in [3.8, 4) is 0 Å². The van der Waals surface area contributed by atoms with E-state index >= 15 is 0 Å².